The number of hydrogen-bond donors (Lipinski definition) is 0. The van der Waals surface area contributed by atoms with Gasteiger partial charge in [0, 0.05) is 10.8 Å². The van der Waals surface area contributed by atoms with Gasteiger partial charge in [-0.2, -0.15) is 0 Å². The molecule has 1 rings (SSSR count). The normalized spacial score (nSPS) is 12.6. The van der Waals surface area contributed by atoms with Gasteiger partial charge in [0.25, 0.3) is 6.47 Å². The second kappa shape index (κ2) is 6.09. The Balaban J connectivity index is 2.83. The fourth-order valence-electron chi connectivity index (χ4n) is 1.74. The number of rotatable bonds is 6. The van der Waals surface area contributed by atoms with Crippen molar-refractivity contribution in [1.82, 2.24) is 0 Å². The van der Waals surface area contributed by atoms with E-state index in [0.29, 0.717) is 13.1 Å². The van der Waals surface area contributed by atoms with Crippen LogP contribution in [-0.4, -0.2) is 20.9 Å². The predicted octanol–water partition coefficient (Wildman–Crippen LogP) is 2.51. The van der Waals surface area contributed by atoms with E-state index in [9.17, 15) is 4.79 Å². The van der Waals surface area contributed by atoms with Crippen molar-refractivity contribution in [3.05, 3.63) is 42.0 Å². The van der Waals surface area contributed by atoms with Crippen LogP contribution in [0, 0.1) is 5.41 Å². The minimum absolute atomic E-state index is 0.0911. The van der Waals surface area contributed by atoms with Crippen LogP contribution in [0.1, 0.15) is 33.3 Å². The zero-order valence-electron chi connectivity index (χ0n) is 12.1. The first-order valence-electron chi connectivity index (χ1n) is 6.38. The van der Waals surface area contributed by atoms with Crippen LogP contribution in [0.2, 0.25) is 0 Å². The molecule has 0 aliphatic rings. The average Bonchev–Trinajstić information content (AvgIpc) is 2.35. The molecule has 100 valence electrons. The zero-order valence-corrected chi connectivity index (χ0v) is 12.1. The summed E-state index contributed by atoms with van der Waals surface area (Å²) in [5.41, 5.74) is 1.70. The van der Waals surface area contributed by atoms with Crippen LogP contribution < -0.4 is 5.46 Å². The third-order valence-corrected chi connectivity index (χ3v) is 3.13. The summed E-state index contributed by atoms with van der Waals surface area (Å²) < 4.78 is 4.84. The molecule has 0 unspecified atom stereocenters. The summed E-state index contributed by atoms with van der Waals surface area (Å²) in [5, 5.41) is 0. The molecule has 0 saturated carbocycles. The third kappa shape index (κ3) is 4.94. The van der Waals surface area contributed by atoms with Crippen LogP contribution in [0.15, 0.2) is 36.4 Å². The molecule has 3 heteroatoms. The minimum Gasteiger partial charge on any atom is -0.467 e. The van der Waals surface area contributed by atoms with Crippen LogP contribution in [0.3, 0.4) is 0 Å². The standard InChI is InChI=1S/C16H21BO2/c1-15(2,11-19-12-18)9-10-16(3,4)13-5-7-14(17)8-6-13/h5-10,12H,11H2,1-4H3/b10-9+. The minimum atomic E-state index is -0.175. The summed E-state index contributed by atoms with van der Waals surface area (Å²) >= 11 is 0. The Morgan fingerprint density at radius 2 is 1.68 bits per heavy atom. The molecule has 0 aromatic heterocycles. The Morgan fingerprint density at radius 3 is 2.21 bits per heavy atom. The third-order valence-electron chi connectivity index (χ3n) is 3.13. The van der Waals surface area contributed by atoms with E-state index in [0.717, 1.165) is 5.46 Å². The van der Waals surface area contributed by atoms with Gasteiger partial charge in [0.05, 0.1) is 6.61 Å². The highest BCUT2D eigenvalue weighted by molar-refractivity contribution is 6.32. The summed E-state index contributed by atoms with van der Waals surface area (Å²) in [5.74, 6) is 0. The van der Waals surface area contributed by atoms with Crippen molar-refractivity contribution >= 4 is 19.8 Å². The fraction of sp³-hybridized carbons (Fsp3) is 0.438. The molecule has 0 bridgehead atoms. The molecule has 1 aromatic rings. The van der Waals surface area contributed by atoms with E-state index < -0.39 is 0 Å². The van der Waals surface area contributed by atoms with Crippen molar-refractivity contribution in [3.63, 3.8) is 0 Å². The van der Waals surface area contributed by atoms with E-state index in [1.807, 2.05) is 38.1 Å². The van der Waals surface area contributed by atoms with Gasteiger partial charge >= 0.3 is 0 Å². The average molecular weight is 256 g/mol. The maximum absolute atomic E-state index is 10.2. The van der Waals surface area contributed by atoms with E-state index in [4.69, 9.17) is 12.6 Å². The SMILES string of the molecule is [B]c1ccc(C(C)(C)/C=C/C(C)(C)COC=O)cc1. The quantitative estimate of drug-likeness (QED) is 0.444. The zero-order chi connectivity index (χ0) is 14.5. The molecule has 19 heavy (non-hydrogen) atoms. The van der Waals surface area contributed by atoms with Crippen molar-refractivity contribution in [3.8, 4) is 0 Å². The van der Waals surface area contributed by atoms with Gasteiger partial charge in [-0.3, -0.25) is 4.79 Å². The predicted molar refractivity (Wildman–Crippen MR) is 79.8 cm³/mol. The Morgan fingerprint density at radius 1 is 1.11 bits per heavy atom. The molecular formula is C16H21BO2. The van der Waals surface area contributed by atoms with Gasteiger partial charge in [-0.25, -0.2) is 0 Å². The van der Waals surface area contributed by atoms with E-state index in [-0.39, 0.29) is 10.8 Å². The fourth-order valence-corrected chi connectivity index (χ4v) is 1.74. The summed E-state index contributed by atoms with van der Waals surface area (Å²) in [4.78, 5) is 10.2. The van der Waals surface area contributed by atoms with Crippen molar-refractivity contribution < 1.29 is 9.53 Å². The maximum Gasteiger partial charge on any atom is 0.293 e. The summed E-state index contributed by atoms with van der Waals surface area (Å²) in [6, 6.07) is 7.89. The second-order valence-corrected chi connectivity index (χ2v) is 6.07. The summed E-state index contributed by atoms with van der Waals surface area (Å²) in [6.07, 6.45) is 4.24. The van der Waals surface area contributed by atoms with Gasteiger partial charge in [0.15, 0.2) is 0 Å². The molecule has 1 aromatic carbocycles. The molecule has 0 heterocycles. The largest absolute Gasteiger partial charge is 0.467 e. The molecule has 0 spiro atoms. The van der Waals surface area contributed by atoms with Gasteiger partial charge < -0.3 is 4.74 Å². The molecule has 0 amide bonds. The van der Waals surface area contributed by atoms with Crippen LogP contribution in [0.4, 0.5) is 0 Å². The van der Waals surface area contributed by atoms with Gasteiger partial charge in [-0.15, -0.1) is 0 Å². The van der Waals surface area contributed by atoms with Crippen LogP contribution in [-0.2, 0) is 14.9 Å². The van der Waals surface area contributed by atoms with Gasteiger partial charge in [0.2, 0.25) is 0 Å². The maximum atomic E-state index is 10.2. The number of carbonyl (C=O) groups is 1. The van der Waals surface area contributed by atoms with Crippen molar-refractivity contribution in [2.75, 3.05) is 6.61 Å². The number of allylic oxidation sites excluding steroid dienone is 1. The van der Waals surface area contributed by atoms with Gasteiger partial charge in [-0.1, -0.05) is 69.6 Å². The lowest BCUT2D eigenvalue weighted by Crippen LogP contribution is -2.20. The first kappa shape index (κ1) is 15.6. The Hall–Kier alpha value is -1.51. The topological polar surface area (TPSA) is 26.3 Å². The molecule has 0 atom stereocenters. The Bertz CT molecular complexity index is 444. The highest BCUT2D eigenvalue weighted by atomic mass is 16.5. The van der Waals surface area contributed by atoms with Gasteiger partial charge in [-0.05, 0) is 5.56 Å². The van der Waals surface area contributed by atoms with E-state index in [1.165, 1.54) is 5.56 Å². The lowest BCUT2D eigenvalue weighted by atomic mass is 9.80. The molecular weight excluding hydrogens is 235 g/mol. The molecule has 0 fully saturated rings. The molecule has 2 nitrogen and oxygen atoms in total. The van der Waals surface area contributed by atoms with Crippen molar-refractivity contribution in [2.45, 2.75) is 33.1 Å². The molecule has 0 aliphatic carbocycles. The monoisotopic (exact) mass is 256 g/mol. The number of carbonyl (C=O) groups excluding carboxylic acids is 1. The molecule has 0 saturated heterocycles. The number of hydrogen-bond acceptors (Lipinski definition) is 2. The Kier molecular flexibility index (Phi) is 4.99. The smallest absolute Gasteiger partial charge is 0.293 e. The van der Waals surface area contributed by atoms with Crippen molar-refractivity contribution in [1.29, 1.82) is 0 Å². The second-order valence-electron chi connectivity index (χ2n) is 6.07. The lowest BCUT2D eigenvalue weighted by molar-refractivity contribution is -0.130. The lowest BCUT2D eigenvalue weighted by Gasteiger charge is -2.25. The van der Waals surface area contributed by atoms with Crippen molar-refractivity contribution in [2.24, 2.45) is 5.41 Å². The first-order chi connectivity index (χ1) is 8.77. The van der Waals surface area contributed by atoms with Crippen LogP contribution in [0.25, 0.3) is 0 Å². The number of benzene rings is 1. The van der Waals surface area contributed by atoms with Crippen LogP contribution in [0.5, 0.6) is 0 Å². The summed E-state index contributed by atoms with van der Waals surface area (Å²) in [6.45, 7) is 9.22. The first-order valence-corrected chi connectivity index (χ1v) is 6.38. The van der Waals surface area contributed by atoms with E-state index >= 15 is 0 Å². The highest BCUT2D eigenvalue weighted by Crippen LogP contribution is 2.27. The molecule has 2 radical (unpaired) electrons. The van der Waals surface area contributed by atoms with E-state index in [2.05, 4.69) is 26.0 Å². The molecule has 0 aliphatic heterocycles. The Labute approximate surface area is 117 Å². The highest BCUT2D eigenvalue weighted by Gasteiger charge is 2.20. The molecule has 0 N–H and O–H groups in total. The van der Waals surface area contributed by atoms with Gasteiger partial charge in [0.1, 0.15) is 7.85 Å². The summed E-state index contributed by atoms with van der Waals surface area (Å²) in [7, 11) is 5.70. The van der Waals surface area contributed by atoms with E-state index in [1.54, 1.807) is 0 Å². The van der Waals surface area contributed by atoms with Crippen LogP contribution >= 0.6 is 0 Å². The number of ether oxygens (including phenoxy) is 1.